The molecule has 0 saturated carbocycles. The van der Waals surface area contributed by atoms with Gasteiger partial charge in [-0.1, -0.05) is 0 Å². The van der Waals surface area contributed by atoms with Crippen molar-refractivity contribution in [2.45, 2.75) is 6.04 Å². The lowest BCUT2D eigenvalue weighted by Gasteiger charge is -2.23. The largest absolute Gasteiger partial charge is 0.496 e. The zero-order valence-corrected chi connectivity index (χ0v) is 20.1. The summed E-state index contributed by atoms with van der Waals surface area (Å²) in [7, 11) is 5.03. The number of rotatable bonds is 11. The highest BCUT2D eigenvalue weighted by molar-refractivity contribution is 7.95. The van der Waals surface area contributed by atoms with Crippen molar-refractivity contribution >= 4 is 27.8 Å². The molecule has 0 bridgehead atoms. The van der Waals surface area contributed by atoms with Gasteiger partial charge in [0.1, 0.15) is 29.0 Å². The molecule has 180 valence electrons. The fourth-order valence-electron chi connectivity index (χ4n) is 3.20. The third-order valence-electron chi connectivity index (χ3n) is 4.70. The quantitative estimate of drug-likeness (QED) is 0.500. The van der Waals surface area contributed by atoms with E-state index in [1.54, 1.807) is 26.2 Å². The number of methoxy groups -OCH3 is 4. The summed E-state index contributed by atoms with van der Waals surface area (Å²) >= 11 is 0. The van der Waals surface area contributed by atoms with Crippen LogP contribution in [-0.2, 0) is 14.8 Å². The Hall–Kier alpha value is -3.44. The van der Waals surface area contributed by atoms with Crippen molar-refractivity contribution in [3.63, 3.8) is 0 Å². The first kappa shape index (κ1) is 25.8. The second-order valence-corrected chi connectivity index (χ2v) is 8.62. The second-order valence-electron chi connectivity index (χ2n) is 7.06. The lowest BCUT2D eigenvalue weighted by atomic mass is 10.0. The van der Waals surface area contributed by atoms with E-state index >= 15 is 0 Å². The molecule has 1 atom stereocenters. The van der Waals surface area contributed by atoms with E-state index in [4.69, 9.17) is 18.9 Å². The number of hydrogen-bond acceptors (Lipinski definition) is 8. The number of carboxylic acid groups (broad SMARTS) is 1. The number of sulfonamides is 1. The topological polar surface area (TPSA) is 124 Å². The SMILES string of the molecule is COc1cc(OC)c(/C=C/S(=O)(=O)Nc2ccc(OC)c(C(C(=O)O)N(C)C)c2)c(OC)c1. The van der Waals surface area contributed by atoms with Crippen LogP contribution in [0.2, 0.25) is 0 Å². The van der Waals surface area contributed by atoms with Gasteiger partial charge in [0.15, 0.2) is 0 Å². The molecule has 0 aliphatic rings. The van der Waals surface area contributed by atoms with Crippen molar-refractivity contribution in [3.8, 4) is 23.0 Å². The number of aliphatic carboxylic acids is 1. The summed E-state index contributed by atoms with van der Waals surface area (Å²) in [5.74, 6) is 0.431. The normalized spacial score (nSPS) is 12.5. The average Bonchev–Trinajstić information content (AvgIpc) is 2.76. The van der Waals surface area contributed by atoms with Crippen LogP contribution >= 0.6 is 0 Å². The van der Waals surface area contributed by atoms with Gasteiger partial charge in [-0.2, -0.15) is 0 Å². The minimum atomic E-state index is -3.98. The molecular weight excluding hydrogens is 452 g/mol. The van der Waals surface area contributed by atoms with Crippen LogP contribution in [0.15, 0.2) is 35.7 Å². The summed E-state index contributed by atoms with van der Waals surface area (Å²) in [4.78, 5) is 13.2. The Labute approximate surface area is 193 Å². The van der Waals surface area contributed by atoms with Crippen molar-refractivity contribution in [2.24, 2.45) is 0 Å². The zero-order valence-electron chi connectivity index (χ0n) is 19.3. The molecule has 0 saturated heterocycles. The Bertz CT molecular complexity index is 1100. The molecule has 2 N–H and O–H groups in total. The van der Waals surface area contributed by atoms with Crippen LogP contribution in [0.1, 0.15) is 17.2 Å². The molecule has 0 aliphatic carbocycles. The Morgan fingerprint density at radius 1 is 0.970 bits per heavy atom. The smallest absolute Gasteiger partial charge is 0.325 e. The number of carboxylic acids is 1. The third-order valence-corrected chi connectivity index (χ3v) is 5.72. The van der Waals surface area contributed by atoms with Crippen molar-refractivity contribution in [1.29, 1.82) is 0 Å². The number of benzene rings is 2. The maximum atomic E-state index is 12.7. The summed E-state index contributed by atoms with van der Waals surface area (Å²) in [6, 6.07) is 6.59. The fourth-order valence-corrected chi connectivity index (χ4v) is 4.04. The number of hydrogen-bond donors (Lipinski definition) is 2. The maximum absolute atomic E-state index is 12.7. The van der Waals surface area contributed by atoms with Crippen LogP contribution in [0, 0.1) is 0 Å². The van der Waals surface area contributed by atoms with Gasteiger partial charge in [0.05, 0.1) is 39.4 Å². The van der Waals surface area contributed by atoms with Gasteiger partial charge in [-0.05, 0) is 38.4 Å². The standard InChI is InChI=1S/C22H28N2O8S/c1-24(2)21(22(25)26)17-11-14(7-8-18(17)30-4)23-33(27,28)10-9-16-19(31-5)12-15(29-3)13-20(16)32-6/h7-13,21,23H,1-6H3,(H,25,26)/b10-9+. The molecule has 0 amide bonds. The molecule has 0 fully saturated rings. The van der Waals surface area contributed by atoms with Crippen LogP contribution in [-0.4, -0.2) is 66.9 Å². The van der Waals surface area contributed by atoms with E-state index in [0.717, 1.165) is 5.41 Å². The van der Waals surface area contributed by atoms with Crippen LogP contribution in [0.4, 0.5) is 5.69 Å². The van der Waals surface area contributed by atoms with Crippen molar-refractivity contribution in [1.82, 2.24) is 4.90 Å². The van der Waals surface area contributed by atoms with Gasteiger partial charge in [-0.15, -0.1) is 0 Å². The first-order valence-corrected chi connectivity index (χ1v) is 11.2. The minimum Gasteiger partial charge on any atom is -0.496 e. The summed E-state index contributed by atoms with van der Waals surface area (Å²) in [5.41, 5.74) is 0.884. The maximum Gasteiger partial charge on any atom is 0.325 e. The van der Waals surface area contributed by atoms with Crippen molar-refractivity contribution in [3.05, 3.63) is 46.9 Å². The molecule has 0 aliphatic heterocycles. The lowest BCUT2D eigenvalue weighted by molar-refractivity contribution is -0.142. The van der Waals surface area contributed by atoms with E-state index in [0.29, 0.717) is 34.1 Å². The summed E-state index contributed by atoms with van der Waals surface area (Å²) in [5, 5.41) is 10.6. The highest BCUT2D eigenvalue weighted by Gasteiger charge is 2.26. The molecule has 2 rings (SSSR count). The summed E-state index contributed by atoms with van der Waals surface area (Å²) in [6.45, 7) is 0. The zero-order chi connectivity index (χ0) is 24.8. The summed E-state index contributed by atoms with van der Waals surface area (Å²) < 4.78 is 49.0. The fraction of sp³-hybridized carbons (Fsp3) is 0.318. The molecule has 2 aromatic rings. The molecule has 2 aromatic carbocycles. The first-order chi connectivity index (χ1) is 15.6. The van der Waals surface area contributed by atoms with E-state index < -0.39 is 22.0 Å². The third kappa shape index (κ3) is 6.30. The predicted molar refractivity (Wildman–Crippen MR) is 125 cm³/mol. The number of ether oxygens (including phenoxy) is 4. The Morgan fingerprint density at radius 2 is 1.55 bits per heavy atom. The van der Waals surface area contributed by atoms with Gasteiger partial charge in [-0.25, -0.2) is 8.42 Å². The van der Waals surface area contributed by atoms with Gasteiger partial charge in [0.2, 0.25) is 0 Å². The van der Waals surface area contributed by atoms with E-state index in [2.05, 4.69) is 4.72 Å². The van der Waals surface area contributed by atoms with Gasteiger partial charge in [-0.3, -0.25) is 14.4 Å². The van der Waals surface area contributed by atoms with Gasteiger partial charge >= 0.3 is 5.97 Å². The van der Waals surface area contributed by atoms with Crippen LogP contribution in [0.5, 0.6) is 23.0 Å². The van der Waals surface area contributed by atoms with Gasteiger partial charge < -0.3 is 24.1 Å². The number of anilines is 1. The molecule has 33 heavy (non-hydrogen) atoms. The van der Waals surface area contributed by atoms with Crippen LogP contribution in [0.3, 0.4) is 0 Å². The van der Waals surface area contributed by atoms with E-state index in [-0.39, 0.29) is 5.69 Å². The predicted octanol–water partition coefficient (Wildman–Crippen LogP) is 2.82. The molecule has 1 unspecified atom stereocenters. The van der Waals surface area contributed by atoms with Gasteiger partial charge in [0, 0.05) is 23.4 Å². The molecule has 0 heterocycles. The molecule has 11 heteroatoms. The second kappa shape index (κ2) is 10.9. The average molecular weight is 481 g/mol. The Morgan fingerprint density at radius 3 is 2.00 bits per heavy atom. The Balaban J connectivity index is 2.42. The molecular formula is C22H28N2O8S. The highest BCUT2D eigenvalue weighted by Crippen LogP contribution is 2.35. The Kier molecular flexibility index (Phi) is 8.55. The first-order valence-electron chi connectivity index (χ1n) is 9.65. The van der Waals surface area contributed by atoms with Crippen molar-refractivity contribution in [2.75, 3.05) is 47.3 Å². The molecule has 0 radical (unpaired) electrons. The number of carbonyl (C=O) groups is 1. The van der Waals surface area contributed by atoms with E-state index in [9.17, 15) is 18.3 Å². The van der Waals surface area contributed by atoms with Gasteiger partial charge in [0.25, 0.3) is 10.0 Å². The highest BCUT2D eigenvalue weighted by atomic mass is 32.2. The van der Waals surface area contributed by atoms with Crippen molar-refractivity contribution < 1.29 is 37.3 Å². The monoisotopic (exact) mass is 480 g/mol. The van der Waals surface area contributed by atoms with Crippen LogP contribution < -0.4 is 23.7 Å². The number of nitrogens with zero attached hydrogens (tertiary/aromatic N) is 1. The van der Waals surface area contributed by atoms with Crippen LogP contribution in [0.25, 0.3) is 6.08 Å². The molecule has 0 spiro atoms. The minimum absolute atomic E-state index is 0.178. The van der Waals surface area contributed by atoms with E-state index in [1.807, 2.05) is 0 Å². The lowest BCUT2D eigenvalue weighted by Crippen LogP contribution is -2.28. The molecule has 0 aromatic heterocycles. The summed E-state index contributed by atoms with van der Waals surface area (Å²) in [6.07, 6.45) is 1.34. The molecule has 10 nitrogen and oxygen atoms in total. The number of nitrogens with one attached hydrogen (secondary N) is 1. The number of likely N-dealkylation sites (N-methyl/N-ethyl adjacent to an activating group) is 1. The van der Waals surface area contributed by atoms with E-state index in [1.165, 1.54) is 57.6 Å².